The van der Waals surface area contributed by atoms with E-state index in [2.05, 4.69) is 35.0 Å². The number of methoxy groups -OCH3 is 1. The van der Waals surface area contributed by atoms with Crippen LogP contribution in [0.15, 0.2) is 24.3 Å². The van der Waals surface area contributed by atoms with Crippen LogP contribution in [0.4, 0.5) is 5.95 Å². The van der Waals surface area contributed by atoms with Crippen molar-refractivity contribution in [3.8, 4) is 5.75 Å². The van der Waals surface area contributed by atoms with Crippen molar-refractivity contribution in [1.82, 2.24) is 14.8 Å². The van der Waals surface area contributed by atoms with Gasteiger partial charge in [-0.25, -0.2) is 5.10 Å². The van der Waals surface area contributed by atoms with Crippen molar-refractivity contribution < 1.29 is 4.74 Å². The Kier molecular flexibility index (Phi) is 4.44. The molecule has 5 nitrogen and oxygen atoms in total. The van der Waals surface area contributed by atoms with Crippen LogP contribution in [-0.4, -0.2) is 28.9 Å². The lowest BCUT2D eigenvalue weighted by molar-refractivity contribution is 0.409. The Bertz CT molecular complexity index is 632. The number of benzene rings is 1. The van der Waals surface area contributed by atoms with Gasteiger partial charge in [0.15, 0.2) is 4.77 Å². The van der Waals surface area contributed by atoms with E-state index in [9.17, 15) is 0 Å². The van der Waals surface area contributed by atoms with E-state index >= 15 is 0 Å². The molecule has 0 bridgehead atoms. The highest BCUT2D eigenvalue weighted by molar-refractivity contribution is 7.71. The molecule has 0 atom stereocenters. The van der Waals surface area contributed by atoms with Gasteiger partial charge < -0.3 is 9.64 Å². The van der Waals surface area contributed by atoms with Crippen molar-refractivity contribution in [3.05, 3.63) is 34.6 Å². The number of aromatic nitrogens is 3. The third-order valence-electron chi connectivity index (χ3n) is 3.14. The summed E-state index contributed by atoms with van der Waals surface area (Å²) < 4.78 is 8.03. The van der Waals surface area contributed by atoms with Crippen LogP contribution in [0, 0.1) is 4.77 Å². The van der Waals surface area contributed by atoms with E-state index in [1.54, 1.807) is 7.11 Å². The number of nitrogens with zero attached hydrogens (tertiary/aromatic N) is 3. The standard InChI is InChI=1S/C14H20N4OS/c1-10(2)18-13(15-16-14(18)20)17(3)9-11-7-5-6-8-12(11)19-4/h5-8,10H,9H2,1-4H3,(H,16,20). The molecule has 1 aromatic heterocycles. The molecule has 6 heteroatoms. The third-order valence-corrected chi connectivity index (χ3v) is 3.43. The number of ether oxygens (including phenoxy) is 1. The van der Waals surface area contributed by atoms with Gasteiger partial charge in [0.1, 0.15) is 5.75 Å². The minimum Gasteiger partial charge on any atom is -0.496 e. The molecule has 20 heavy (non-hydrogen) atoms. The normalized spacial score (nSPS) is 10.8. The molecule has 0 saturated carbocycles. The Morgan fingerprint density at radius 2 is 2.10 bits per heavy atom. The van der Waals surface area contributed by atoms with Crippen LogP contribution in [0.25, 0.3) is 0 Å². The van der Waals surface area contributed by atoms with Crippen LogP contribution in [0.3, 0.4) is 0 Å². The van der Waals surface area contributed by atoms with E-state index in [1.807, 2.05) is 29.8 Å². The molecule has 0 unspecified atom stereocenters. The van der Waals surface area contributed by atoms with Gasteiger partial charge in [0.25, 0.3) is 0 Å². The molecule has 0 amide bonds. The SMILES string of the molecule is COc1ccccc1CN(C)c1n[nH]c(=S)n1C(C)C. The molecule has 0 saturated heterocycles. The molecule has 0 aliphatic rings. The van der Waals surface area contributed by atoms with Gasteiger partial charge in [-0.15, -0.1) is 5.10 Å². The average molecular weight is 292 g/mol. The second-order valence-corrected chi connectivity index (χ2v) is 5.35. The highest BCUT2D eigenvalue weighted by atomic mass is 32.1. The highest BCUT2D eigenvalue weighted by Crippen LogP contribution is 2.22. The number of H-pyrrole nitrogens is 1. The summed E-state index contributed by atoms with van der Waals surface area (Å²) in [7, 11) is 3.68. The van der Waals surface area contributed by atoms with Crippen LogP contribution in [0.5, 0.6) is 5.75 Å². The van der Waals surface area contributed by atoms with E-state index < -0.39 is 0 Å². The number of rotatable bonds is 5. The summed E-state index contributed by atoms with van der Waals surface area (Å²) >= 11 is 5.28. The van der Waals surface area contributed by atoms with Crippen LogP contribution >= 0.6 is 12.2 Å². The van der Waals surface area contributed by atoms with Gasteiger partial charge in [-0.05, 0) is 32.1 Å². The molecule has 1 N–H and O–H groups in total. The third kappa shape index (κ3) is 2.85. The molecular formula is C14H20N4OS. The molecule has 0 radical (unpaired) electrons. The first-order valence-corrected chi connectivity index (χ1v) is 6.95. The van der Waals surface area contributed by atoms with Gasteiger partial charge in [-0.1, -0.05) is 18.2 Å². The topological polar surface area (TPSA) is 46.1 Å². The molecule has 2 aromatic rings. The zero-order chi connectivity index (χ0) is 14.7. The van der Waals surface area contributed by atoms with Crippen LogP contribution in [0.2, 0.25) is 0 Å². The number of hydrogen-bond donors (Lipinski definition) is 1. The lowest BCUT2D eigenvalue weighted by atomic mass is 10.2. The maximum absolute atomic E-state index is 5.38. The molecule has 2 rings (SSSR count). The zero-order valence-corrected chi connectivity index (χ0v) is 13.1. The Morgan fingerprint density at radius 3 is 2.75 bits per heavy atom. The van der Waals surface area contributed by atoms with Crippen LogP contribution in [0.1, 0.15) is 25.5 Å². The largest absolute Gasteiger partial charge is 0.496 e. The first-order valence-electron chi connectivity index (χ1n) is 6.54. The minimum atomic E-state index is 0.261. The van der Waals surface area contributed by atoms with Crippen molar-refractivity contribution >= 4 is 18.2 Å². The lowest BCUT2D eigenvalue weighted by Gasteiger charge is -2.21. The first kappa shape index (κ1) is 14.6. The summed E-state index contributed by atoms with van der Waals surface area (Å²) in [6.45, 7) is 4.88. The molecule has 0 aliphatic carbocycles. The maximum Gasteiger partial charge on any atom is 0.226 e. The van der Waals surface area contributed by atoms with Crippen molar-refractivity contribution in [1.29, 1.82) is 0 Å². The lowest BCUT2D eigenvalue weighted by Crippen LogP contribution is -2.22. The van der Waals surface area contributed by atoms with Crippen molar-refractivity contribution in [2.45, 2.75) is 26.4 Å². The monoisotopic (exact) mass is 292 g/mol. The van der Waals surface area contributed by atoms with Crippen molar-refractivity contribution in [2.75, 3.05) is 19.1 Å². The van der Waals surface area contributed by atoms with E-state index in [4.69, 9.17) is 17.0 Å². The summed E-state index contributed by atoms with van der Waals surface area (Å²) in [5.74, 6) is 1.71. The number of hydrogen-bond acceptors (Lipinski definition) is 4. The Morgan fingerprint density at radius 1 is 1.40 bits per heavy atom. The Hall–Kier alpha value is -1.82. The van der Waals surface area contributed by atoms with Crippen molar-refractivity contribution in [3.63, 3.8) is 0 Å². The second kappa shape index (κ2) is 6.09. The van der Waals surface area contributed by atoms with E-state index in [0.29, 0.717) is 11.3 Å². The Balaban J connectivity index is 2.29. The molecule has 0 spiro atoms. The summed E-state index contributed by atoms with van der Waals surface area (Å²) in [5, 5.41) is 7.18. The second-order valence-electron chi connectivity index (χ2n) is 4.96. The predicted octanol–water partition coefficient (Wildman–Crippen LogP) is 3.17. The summed E-state index contributed by atoms with van der Waals surface area (Å²) in [5.41, 5.74) is 1.11. The molecular weight excluding hydrogens is 272 g/mol. The smallest absolute Gasteiger partial charge is 0.226 e. The first-order chi connectivity index (χ1) is 9.54. The van der Waals surface area contributed by atoms with E-state index in [1.165, 1.54) is 0 Å². The van der Waals surface area contributed by atoms with E-state index in [0.717, 1.165) is 17.3 Å². The molecule has 1 aromatic carbocycles. The summed E-state index contributed by atoms with van der Waals surface area (Å²) in [6.07, 6.45) is 0. The van der Waals surface area contributed by atoms with Gasteiger partial charge >= 0.3 is 0 Å². The van der Waals surface area contributed by atoms with Crippen LogP contribution < -0.4 is 9.64 Å². The maximum atomic E-state index is 5.38. The number of aromatic amines is 1. The summed E-state index contributed by atoms with van der Waals surface area (Å²) in [6, 6.07) is 8.24. The summed E-state index contributed by atoms with van der Waals surface area (Å²) in [4.78, 5) is 2.06. The van der Waals surface area contributed by atoms with E-state index in [-0.39, 0.29) is 6.04 Å². The fourth-order valence-corrected chi connectivity index (χ4v) is 2.53. The number of para-hydroxylation sites is 1. The van der Waals surface area contributed by atoms with Gasteiger partial charge in [-0.3, -0.25) is 4.57 Å². The minimum absolute atomic E-state index is 0.261. The predicted molar refractivity (Wildman–Crippen MR) is 82.9 cm³/mol. The zero-order valence-electron chi connectivity index (χ0n) is 12.3. The van der Waals surface area contributed by atoms with Gasteiger partial charge in [0.2, 0.25) is 5.95 Å². The Labute approximate surface area is 124 Å². The quantitative estimate of drug-likeness (QED) is 0.860. The van der Waals surface area contributed by atoms with Crippen LogP contribution in [-0.2, 0) is 6.54 Å². The average Bonchev–Trinajstić information content (AvgIpc) is 2.81. The fourth-order valence-electron chi connectivity index (χ4n) is 2.19. The number of nitrogens with one attached hydrogen (secondary N) is 1. The van der Waals surface area contributed by atoms with Gasteiger partial charge in [0, 0.05) is 25.2 Å². The van der Waals surface area contributed by atoms with Gasteiger partial charge in [0.05, 0.1) is 7.11 Å². The molecule has 0 aliphatic heterocycles. The number of anilines is 1. The molecule has 108 valence electrons. The molecule has 1 heterocycles. The van der Waals surface area contributed by atoms with Gasteiger partial charge in [-0.2, -0.15) is 0 Å². The highest BCUT2D eigenvalue weighted by Gasteiger charge is 2.15. The molecule has 0 fully saturated rings. The fraction of sp³-hybridized carbons (Fsp3) is 0.429. The van der Waals surface area contributed by atoms with Crippen molar-refractivity contribution in [2.24, 2.45) is 0 Å².